The fourth-order valence-electron chi connectivity index (χ4n) is 1.95. The van der Waals surface area contributed by atoms with Crippen LogP contribution in [0.1, 0.15) is 0 Å². The second-order valence-corrected chi connectivity index (χ2v) is 4.43. The molecule has 0 aliphatic carbocycles. The molecule has 0 bridgehead atoms. The Morgan fingerprint density at radius 2 is 1.67 bits per heavy atom. The minimum atomic E-state index is 0.239. The lowest BCUT2D eigenvalue weighted by Crippen LogP contribution is -1.85. The monoisotopic (exact) mass is 255 g/mol. The van der Waals surface area contributed by atoms with E-state index in [4.69, 9.17) is 11.6 Å². The second kappa shape index (κ2) is 4.31. The number of phenols is 1. The van der Waals surface area contributed by atoms with Crippen molar-refractivity contribution in [3.05, 3.63) is 59.8 Å². The van der Waals surface area contributed by atoms with Crippen molar-refractivity contribution in [3.63, 3.8) is 0 Å². The number of para-hydroxylation sites is 1. The van der Waals surface area contributed by atoms with Gasteiger partial charge in [-0.1, -0.05) is 41.9 Å². The Morgan fingerprint density at radius 1 is 0.944 bits per heavy atom. The number of aromatic hydroxyl groups is 1. The third-order valence-corrected chi connectivity index (χ3v) is 3.30. The predicted molar refractivity (Wildman–Crippen MR) is 73.9 cm³/mol. The smallest absolute Gasteiger partial charge is 0.115 e. The number of pyridine rings is 1. The number of halogens is 1. The standard InChI is InChI=1S/C15H10ClNO/c16-15-12-3-1-2-4-14(12)17-9-13(15)10-5-7-11(18)8-6-10/h1-9,18H. The van der Waals surface area contributed by atoms with Crippen molar-refractivity contribution in [1.82, 2.24) is 4.98 Å². The fraction of sp³-hybridized carbons (Fsp3) is 0. The van der Waals surface area contributed by atoms with E-state index in [0.29, 0.717) is 5.02 Å². The summed E-state index contributed by atoms with van der Waals surface area (Å²) in [5.74, 6) is 0.239. The molecule has 0 unspecified atom stereocenters. The van der Waals surface area contributed by atoms with E-state index < -0.39 is 0 Å². The topological polar surface area (TPSA) is 33.1 Å². The summed E-state index contributed by atoms with van der Waals surface area (Å²) in [7, 11) is 0. The average Bonchev–Trinajstić information content (AvgIpc) is 2.41. The molecule has 0 aliphatic heterocycles. The fourth-order valence-corrected chi connectivity index (χ4v) is 2.27. The third-order valence-electron chi connectivity index (χ3n) is 2.89. The highest BCUT2D eigenvalue weighted by atomic mass is 35.5. The van der Waals surface area contributed by atoms with Gasteiger partial charge in [-0.2, -0.15) is 0 Å². The number of fused-ring (bicyclic) bond motifs is 1. The maximum absolute atomic E-state index is 9.30. The van der Waals surface area contributed by atoms with E-state index in [0.717, 1.165) is 22.0 Å². The Hall–Kier alpha value is -2.06. The summed E-state index contributed by atoms with van der Waals surface area (Å²) in [6.45, 7) is 0. The van der Waals surface area contributed by atoms with E-state index in [9.17, 15) is 5.11 Å². The lowest BCUT2D eigenvalue weighted by Gasteiger charge is -2.07. The molecule has 18 heavy (non-hydrogen) atoms. The van der Waals surface area contributed by atoms with Crippen LogP contribution in [-0.4, -0.2) is 10.1 Å². The van der Waals surface area contributed by atoms with Gasteiger partial charge < -0.3 is 5.11 Å². The van der Waals surface area contributed by atoms with E-state index in [1.807, 2.05) is 36.4 Å². The molecule has 2 nitrogen and oxygen atoms in total. The zero-order valence-corrected chi connectivity index (χ0v) is 10.2. The molecular weight excluding hydrogens is 246 g/mol. The van der Waals surface area contributed by atoms with Crippen LogP contribution in [0.4, 0.5) is 0 Å². The second-order valence-electron chi connectivity index (χ2n) is 4.05. The van der Waals surface area contributed by atoms with Crippen LogP contribution in [0.25, 0.3) is 22.0 Å². The molecule has 3 heteroatoms. The Bertz CT molecular complexity index is 707. The van der Waals surface area contributed by atoms with Gasteiger partial charge in [0.1, 0.15) is 5.75 Å². The molecule has 0 radical (unpaired) electrons. The number of aromatic nitrogens is 1. The maximum atomic E-state index is 9.30. The summed E-state index contributed by atoms with van der Waals surface area (Å²) in [6.07, 6.45) is 1.76. The van der Waals surface area contributed by atoms with Crippen molar-refractivity contribution in [2.45, 2.75) is 0 Å². The highest BCUT2D eigenvalue weighted by Crippen LogP contribution is 2.33. The van der Waals surface area contributed by atoms with Crippen LogP contribution in [-0.2, 0) is 0 Å². The highest BCUT2D eigenvalue weighted by Gasteiger charge is 2.08. The van der Waals surface area contributed by atoms with Gasteiger partial charge in [0.25, 0.3) is 0 Å². The molecule has 3 rings (SSSR count). The third kappa shape index (κ3) is 1.81. The number of rotatable bonds is 1. The minimum Gasteiger partial charge on any atom is -0.508 e. The summed E-state index contributed by atoms with van der Waals surface area (Å²) >= 11 is 6.41. The molecule has 0 fully saturated rings. The van der Waals surface area contributed by atoms with Crippen molar-refractivity contribution in [3.8, 4) is 16.9 Å². The van der Waals surface area contributed by atoms with Crippen LogP contribution >= 0.6 is 11.6 Å². The molecule has 0 saturated heterocycles. The lowest BCUT2D eigenvalue weighted by atomic mass is 10.1. The Labute approximate surface area is 109 Å². The summed E-state index contributed by atoms with van der Waals surface area (Å²) in [5.41, 5.74) is 2.69. The van der Waals surface area contributed by atoms with Crippen molar-refractivity contribution in [2.24, 2.45) is 0 Å². The van der Waals surface area contributed by atoms with Gasteiger partial charge in [0.05, 0.1) is 10.5 Å². The lowest BCUT2D eigenvalue weighted by molar-refractivity contribution is 0.475. The molecule has 0 aliphatic rings. The van der Waals surface area contributed by atoms with Gasteiger partial charge in [-0.25, -0.2) is 0 Å². The molecule has 0 atom stereocenters. The number of nitrogens with zero attached hydrogens (tertiary/aromatic N) is 1. The first kappa shape index (κ1) is 11.1. The van der Waals surface area contributed by atoms with Crippen LogP contribution in [0.5, 0.6) is 5.75 Å². The van der Waals surface area contributed by atoms with Gasteiger partial charge in [0.15, 0.2) is 0 Å². The number of phenolic OH excluding ortho intramolecular Hbond substituents is 1. The van der Waals surface area contributed by atoms with Gasteiger partial charge in [0, 0.05) is 17.1 Å². The van der Waals surface area contributed by atoms with Crippen LogP contribution in [0, 0.1) is 0 Å². The van der Waals surface area contributed by atoms with E-state index in [-0.39, 0.29) is 5.75 Å². The van der Waals surface area contributed by atoms with Gasteiger partial charge in [-0.15, -0.1) is 0 Å². The average molecular weight is 256 g/mol. The van der Waals surface area contributed by atoms with E-state index >= 15 is 0 Å². The van der Waals surface area contributed by atoms with Crippen molar-refractivity contribution in [2.75, 3.05) is 0 Å². The van der Waals surface area contributed by atoms with Crippen molar-refractivity contribution >= 4 is 22.5 Å². The Morgan fingerprint density at radius 3 is 2.44 bits per heavy atom. The van der Waals surface area contributed by atoms with Crippen molar-refractivity contribution in [1.29, 1.82) is 0 Å². The number of benzene rings is 2. The largest absolute Gasteiger partial charge is 0.508 e. The number of hydrogen-bond donors (Lipinski definition) is 1. The molecule has 0 spiro atoms. The van der Waals surface area contributed by atoms with E-state index in [2.05, 4.69) is 4.98 Å². The Balaban J connectivity index is 2.24. The van der Waals surface area contributed by atoms with Gasteiger partial charge >= 0.3 is 0 Å². The summed E-state index contributed by atoms with van der Waals surface area (Å²) < 4.78 is 0. The van der Waals surface area contributed by atoms with Crippen molar-refractivity contribution < 1.29 is 5.11 Å². The molecule has 3 aromatic rings. The Kier molecular flexibility index (Phi) is 2.65. The molecule has 0 saturated carbocycles. The zero-order chi connectivity index (χ0) is 12.5. The van der Waals surface area contributed by atoms with E-state index in [1.165, 1.54) is 0 Å². The molecule has 1 N–H and O–H groups in total. The highest BCUT2D eigenvalue weighted by molar-refractivity contribution is 6.38. The van der Waals surface area contributed by atoms with Crippen LogP contribution in [0.2, 0.25) is 5.02 Å². The maximum Gasteiger partial charge on any atom is 0.115 e. The molecule has 0 amide bonds. The molecule has 2 aromatic carbocycles. The summed E-state index contributed by atoms with van der Waals surface area (Å²) in [4.78, 5) is 4.39. The summed E-state index contributed by atoms with van der Waals surface area (Å²) in [5, 5.41) is 10.9. The quantitative estimate of drug-likeness (QED) is 0.705. The molecular formula is C15H10ClNO. The summed E-state index contributed by atoms with van der Waals surface area (Å²) in [6, 6.07) is 14.7. The first-order chi connectivity index (χ1) is 8.75. The van der Waals surface area contributed by atoms with E-state index in [1.54, 1.807) is 18.3 Å². The van der Waals surface area contributed by atoms with Crippen LogP contribution < -0.4 is 0 Å². The first-order valence-corrected chi connectivity index (χ1v) is 5.96. The van der Waals surface area contributed by atoms with Gasteiger partial charge in [0.2, 0.25) is 0 Å². The van der Waals surface area contributed by atoms with Gasteiger partial charge in [-0.05, 0) is 23.8 Å². The first-order valence-electron chi connectivity index (χ1n) is 5.58. The molecule has 88 valence electrons. The minimum absolute atomic E-state index is 0.239. The zero-order valence-electron chi connectivity index (χ0n) is 9.47. The van der Waals surface area contributed by atoms with Crippen LogP contribution in [0.15, 0.2) is 54.7 Å². The van der Waals surface area contributed by atoms with Crippen LogP contribution in [0.3, 0.4) is 0 Å². The molecule has 1 aromatic heterocycles. The molecule has 1 heterocycles. The SMILES string of the molecule is Oc1ccc(-c2cnc3ccccc3c2Cl)cc1. The van der Waals surface area contributed by atoms with Gasteiger partial charge in [-0.3, -0.25) is 4.98 Å². The normalized spacial score (nSPS) is 10.7. The number of hydrogen-bond acceptors (Lipinski definition) is 2. The predicted octanol–water partition coefficient (Wildman–Crippen LogP) is 4.26.